The number of carboxylic acid groups (broad SMARTS) is 1. The van der Waals surface area contributed by atoms with Crippen molar-refractivity contribution in [2.24, 2.45) is 0 Å². The molecule has 0 radical (unpaired) electrons. The molecule has 14 heavy (non-hydrogen) atoms. The van der Waals surface area contributed by atoms with Crippen LogP contribution in [0.1, 0.15) is 17.9 Å². The molecule has 1 atom stereocenters. The number of aliphatic carboxylic acids is 1. The first kappa shape index (κ1) is 10.9. The minimum Gasteiger partial charge on any atom is -0.481 e. The highest BCUT2D eigenvalue weighted by Crippen LogP contribution is 2.21. The number of rotatable bonds is 4. The van der Waals surface area contributed by atoms with E-state index in [-0.39, 0.29) is 6.42 Å². The average molecular weight is 257 g/mol. The third-order valence-electron chi connectivity index (χ3n) is 1.84. The maximum atomic E-state index is 10.7. The maximum absolute atomic E-state index is 10.7. The lowest BCUT2D eigenvalue weighted by atomic mass is 9.98. The summed E-state index contributed by atoms with van der Waals surface area (Å²) in [6.07, 6.45) is 0.496. The van der Waals surface area contributed by atoms with Crippen LogP contribution < -0.4 is 0 Å². The van der Waals surface area contributed by atoms with Crippen LogP contribution in [0.25, 0.3) is 0 Å². The topological polar surface area (TPSA) is 54.4 Å². The van der Waals surface area contributed by atoms with E-state index in [4.69, 9.17) is 5.11 Å². The predicted octanol–water partition coefficient (Wildman–Crippen LogP) is 2.21. The van der Waals surface area contributed by atoms with Gasteiger partial charge < -0.3 is 9.90 Å². The number of aldehydes is 1. The fourth-order valence-corrected chi connectivity index (χ4v) is 1.59. The summed E-state index contributed by atoms with van der Waals surface area (Å²) in [4.78, 5) is 21.1. The first-order valence-electron chi connectivity index (χ1n) is 4.06. The molecule has 0 bridgehead atoms. The Kier molecular flexibility index (Phi) is 3.83. The van der Waals surface area contributed by atoms with Gasteiger partial charge in [0.1, 0.15) is 6.29 Å². The first-order valence-corrected chi connectivity index (χ1v) is 4.85. The molecule has 4 heteroatoms. The number of hydrogen-bond acceptors (Lipinski definition) is 2. The van der Waals surface area contributed by atoms with Crippen molar-refractivity contribution in [2.75, 3.05) is 0 Å². The van der Waals surface area contributed by atoms with Crippen LogP contribution in [0.15, 0.2) is 28.7 Å². The molecule has 0 spiro atoms. The average Bonchev–Trinajstić information content (AvgIpc) is 2.14. The van der Waals surface area contributed by atoms with E-state index in [1.54, 1.807) is 18.2 Å². The summed E-state index contributed by atoms with van der Waals surface area (Å²) in [5.41, 5.74) is 0.719. The van der Waals surface area contributed by atoms with Gasteiger partial charge in [-0.2, -0.15) is 0 Å². The van der Waals surface area contributed by atoms with Gasteiger partial charge in [0.15, 0.2) is 0 Å². The molecule has 1 aromatic carbocycles. The lowest BCUT2D eigenvalue weighted by Crippen LogP contribution is -2.07. The molecule has 1 aromatic rings. The summed E-state index contributed by atoms with van der Waals surface area (Å²) in [5.74, 6) is -1.54. The van der Waals surface area contributed by atoms with Crippen LogP contribution in [0.2, 0.25) is 0 Å². The fourth-order valence-electron chi connectivity index (χ4n) is 1.17. The second-order valence-electron chi connectivity index (χ2n) is 2.90. The second kappa shape index (κ2) is 4.91. The van der Waals surface area contributed by atoms with E-state index >= 15 is 0 Å². The summed E-state index contributed by atoms with van der Waals surface area (Å²) in [6, 6.07) is 7.10. The van der Waals surface area contributed by atoms with Crippen molar-refractivity contribution in [3.63, 3.8) is 0 Å². The molecular formula is C10H9BrO3. The summed E-state index contributed by atoms with van der Waals surface area (Å²) >= 11 is 3.26. The van der Waals surface area contributed by atoms with Crippen molar-refractivity contribution in [1.29, 1.82) is 0 Å². The Balaban J connectivity index is 2.89. The van der Waals surface area contributed by atoms with E-state index in [2.05, 4.69) is 15.9 Å². The van der Waals surface area contributed by atoms with Gasteiger partial charge in [0, 0.05) is 4.47 Å². The van der Waals surface area contributed by atoms with Crippen LogP contribution in [0, 0.1) is 0 Å². The standard InChI is InChI=1S/C10H9BrO3/c11-9-3-1-2-7(4-9)8(6-12)5-10(13)14/h1-4,6,8H,5H2,(H,13,14). The largest absolute Gasteiger partial charge is 0.481 e. The van der Waals surface area contributed by atoms with Gasteiger partial charge in [-0.05, 0) is 17.7 Å². The van der Waals surface area contributed by atoms with Crippen LogP contribution in [0.4, 0.5) is 0 Å². The van der Waals surface area contributed by atoms with E-state index in [1.807, 2.05) is 6.07 Å². The number of carbonyl (C=O) groups excluding carboxylic acids is 1. The van der Waals surface area contributed by atoms with Crippen molar-refractivity contribution in [1.82, 2.24) is 0 Å². The molecule has 0 aliphatic carbocycles. The molecule has 0 saturated carbocycles. The highest BCUT2D eigenvalue weighted by Gasteiger charge is 2.14. The fraction of sp³-hybridized carbons (Fsp3) is 0.200. The van der Waals surface area contributed by atoms with Crippen molar-refractivity contribution >= 4 is 28.2 Å². The Hall–Kier alpha value is -1.16. The molecular weight excluding hydrogens is 248 g/mol. The molecule has 1 rings (SSSR count). The highest BCUT2D eigenvalue weighted by molar-refractivity contribution is 9.10. The number of hydrogen-bond donors (Lipinski definition) is 1. The SMILES string of the molecule is O=CC(CC(=O)O)c1cccc(Br)c1. The molecule has 0 aliphatic rings. The molecule has 1 N–H and O–H groups in total. The molecule has 3 nitrogen and oxygen atoms in total. The van der Waals surface area contributed by atoms with E-state index in [0.717, 1.165) is 10.0 Å². The lowest BCUT2D eigenvalue weighted by Gasteiger charge is -2.07. The molecule has 0 saturated heterocycles. The monoisotopic (exact) mass is 256 g/mol. The van der Waals surface area contributed by atoms with Gasteiger partial charge in [-0.25, -0.2) is 0 Å². The van der Waals surface area contributed by atoms with Gasteiger partial charge in [0.2, 0.25) is 0 Å². The van der Waals surface area contributed by atoms with E-state index < -0.39 is 11.9 Å². The first-order chi connectivity index (χ1) is 6.63. The zero-order valence-electron chi connectivity index (χ0n) is 7.31. The Morgan fingerprint density at radius 1 is 1.57 bits per heavy atom. The second-order valence-corrected chi connectivity index (χ2v) is 3.81. The quantitative estimate of drug-likeness (QED) is 0.841. The van der Waals surface area contributed by atoms with Gasteiger partial charge in [-0.15, -0.1) is 0 Å². The maximum Gasteiger partial charge on any atom is 0.304 e. The zero-order valence-corrected chi connectivity index (χ0v) is 8.90. The van der Waals surface area contributed by atoms with Gasteiger partial charge >= 0.3 is 5.97 Å². The Morgan fingerprint density at radius 2 is 2.29 bits per heavy atom. The molecule has 74 valence electrons. The number of carbonyl (C=O) groups is 2. The number of halogens is 1. The van der Waals surface area contributed by atoms with Gasteiger partial charge in [0.25, 0.3) is 0 Å². The Labute approximate surface area is 89.9 Å². The highest BCUT2D eigenvalue weighted by atomic mass is 79.9. The van der Waals surface area contributed by atoms with Crippen molar-refractivity contribution in [2.45, 2.75) is 12.3 Å². The van der Waals surface area contributed by atoms with Crippen molar-refractivity contribution < 1.29 is 14.7 Å². The Bertz CT molecular complexity index is 349. The van der Waals surface area contributed by atoms with E-state index in [0.29, 0.717) is 6.29 Å². The predicted molar refractivity (Wildman–Crippen MR) is 55.2 cm³/mol. The molecule has 0 aromatic heterocycles. The van der Waals surface area contributed by atoms with Crippen LogP contribution in [0.3, 0.4) is 0 Å². The van der Waals surface area contributed by atoms with E-state index in [9.17, 15) is 9.59 Å². The third kappa shape index (κ3) is 2.96. The minimum absolute atomic E-state index is 0.167. The minimum atomic E-state index is -0.970. The molecule has 0 heterocycles. The van der Waals surface area contributed by atoms with Crippen molar-refractivity contribution in [3.05, 3.63) is 34.3 Å². The molecule has 1 unspecified atom stereocenters. The Morgan fingerprint density at radius 3 is 2.79 bits per heavy atom. The van der Waals surface area contributed by atoms with Crippen molar-refractivity contribution in [3.8, 4) is 0 Å². The third-order valence-corrected chi connectivity index (χ3v) is 2.33. The molecule has 0 fully saturated rings. The summed E-state index contributed by atoms with van der Waals surface area (Å²) in [7, 11) is 0. The summed E-state index contributed by atoms with van der Waals surface area (Å²) < 4.78 is 0.840. The number of benzene rings is 1. The zero-order chi connectivity index (χ0) is 10.6. The van der Waals surface area contributed by atoms with Crippen LogP contribution in [-0.2, 0) is 9.59 Å². The normalized spacial score (nSPS) is 12.1. The lowest BCUT2D eigenvalue weighted by molar-refractivity contribution is -0.138. The van der Waals surface area contributed by atoms with Gasteiger partial charge in [0.05, 0.1) is 12.3 Å². The van der Waals surface area contributed by atoms with Crippen LogP contribution in [0.5, 0.6) is 0 Å². The summed E-state index contributed by atoms with van der Waals surface area (Å²) in [5, 5.41) is 8.58. The summed E-state index contributed by atoms with van der Waals surface area (Å²) in [6.45, 7) is 0. The van der Waals surface area contributed by atoms with Crippen LogP contribution in [-0.4, -0.2) is 17.4 Å². The number of carboxylic acids is 1. The van der Waals surface area contributed by atoms with Crippen LogP contribution >= 0.6 is 15.9 Å². The molecule has 0 amide bonds. The molecule has 0 aliphatic heterocycles. The smallest absolute Gasteiger partial charge is 0.304 e. The van der Waals surface area contributed by atoms with Gasteiger partial charge in [-0.3, -0.25) is 4.79 Å². The van der Waals surface area contributed by atoms with Gasteiger partial charge in [-0.1, -0.05) is 28.1 Å². The van der Waals surface area contributed by atoms with E-state index in [1.165, 1.54) is 0 Å².